The topological polar surface area (TPSA) is 71.4 Å². The highest BCUT2D eigenvalue weighted by molar-refractivity contribution is 5.62. The molecule has 7 heteroatoms. The maximum Gasteiger partial charge on any atom is 0.137 e. The highest BCUT2D eigenvalue weighted by Crippen LogP contribution is 2.21. The van der Waals surface area contributed by atoms with Crippen molar-refractivity contribution in [2.45, 2.75) is 19.6 Å². The van der Waals surface area contributed by atoms with Crippen LogP contribution in [0.15, 0.2) is 67.4 Å². The first-order chi connectivity index (χ1) is 13.3. The Bertz CT molecular complexity index is 974. The van der Waals surface area contributed by atoms with E-state index in [1.165, 1.54) is 29.6 Å². The van der Waals surface area contributed by atoms with E-state index < -0.39 is 0 Å². The molecule has 2 aromatic carbocycles. The van der Waals surface area contributed by atoms with Crippen molar-refractivity contribution >= 4 is 0 Å². The predicted molar refractivity (Wildman–Crippen MR) is 100 cm³/mol. The molecule has 4 rings (SSSR count). The van der Waals surface area contributed by atoms with Crippen molar-refractivity contribution in [3.05, 3.63) is 89.9 Å². The summed E-state index contributed by atoms with van der Waals surface area (Å²) in [4.78, 5) is 3.95. The molecule has 0 unspecified atom stereocenters. The molecule has 0 fully saturated rings. The van der Waals surface area contributed by atoms with Crippen LogP contribution in [0.5, 0.6) is 0 Å². The molecule has 0 saturated carbocycles. The van der Waals surface area contributed by atoms with Gasteiger partial charge in [0.25, 0.3) is 0 Å². The third kappa shape index (κ3) is 4.27. The van der Waals surface area contributed by atoms with Crippen LogP contribution >= 0.6 is 0 Å². The number of benzene rings is 2. The number of H-pyrrole nitrogens is 1. The third-order valence-corrected chi connectivity index (χ3v) is 4.33. The Labute approximate surface area is 156 Å². The lowest BCUT2D eigenvalue weighted by Gasteiger charge is -2.07. The Morgan fingerprint density at radius 2 is 1.74 bits per heavy atom. The lowest BCUT2D eigenvalue weighted by Crippen LogP contribution is -2.13. The van der Waals surface area contributed by atoms with Crippen molar-refractivity contribution in [3.63, 3.8) is 0 Å². The van der Waals surface area contributed by atoms with Crippen LogP contribution in [0, 0.1) is 5.82 Å². The van der Waals surface area contributed by atoms with Crippen LogP contribution in [0.1, 0.15) is 16.7 Å². The van der Waals surface area contributed by atoms with E-state index in [0.717, 1.165) is 23.4 Å². The van der Waals surface area contributed by atoms with E-state index in [1.54, 1.807) is 29.3 Å². The molecule has 0 saturated heterocycles. The van der Waals surface area contributed by atoms with Gasteiger partial charge < -0.3 is 5.32 Å². The minimum absolute atomic E-state index is 0.245. The van der Waals surface area contributed by atoms with Gasteiger partial charge in [0.1, 0.15) is 18.5 Å². The first-order valence-corrected chi connectivity index (χ1v) is 8.67. The van der Waals surface area contributed by atoms with Gasteiger partial charge in [0.05, 0.1) is 18.4 Å². The van der Waals surface area contributed by atoms with Crippen molar-refractivity contribution < 1.29 is 4.39 Å². The van der Waals surface area contributed by atoms with Crippen LogP contribution in [-0.4, -0.2) is 25.0 Å². The SMILES string of the molecule is Fc1ccc(-c2[nH]ncc2CNCc2ccc(Cn3cncn3)cc2)cc1. The van der Waals surface area contributed by atoms with Gasteiger partial charge in [0.2, 0.25) is 0 Å². The normalized spacial score (nSPS) is 11.0. The van der Waals surface area contributed by atoms with Gasteiger partial charge in [-0.15, -0.1) is 0 Å². The molecule has 0 bridgehead atoms. The molecule has 0 radical (unpaired) electrons. The Morgan fingerprint density at radius 3 is 2.48 bits per heavy atom. The van der Waals surface area contributed by atoms with Crippen molar-refractivity contribution in [2.75, 3.05) is 0 Å². The smallest absolute Gasteiger partial charge is 0.137 e. The molecule has 0 amide bonds. The lowest BCUT2D eigenvalue weighted by atomic mass is 10.1. The molecule has 2 aromatic heterocycles. The van der Waals surface area contributed by atoms with E-state index in [4.69, 9.17) is 0 Å². The average Bonchev–Trinajstić information content (AvgIpc) is 3.36. The maximum atomic E-state index is 13.1. The summed E-state index contributed by atoms with van der Waals surface area (Å²) >= 11 is 0. The molecule has 0 spiro atoms. The fourth-order valence-electron chi connectivity index (χ4n) is 2.92. The summed E-state index contributed by atoms with van der Waals surface area (Å²) in [5, 5.41) is 14.7. The summed E-state index contributed by atoms with van der Waals surface area (Å²) in [6, 6.07) is 14.8. The minimum Gasteiger partial charge on any atom is -0.308 e. The number of hydrogen-bond acceptors (Lipinski definition) is 4. The molecule has 0 aliphatic rings. The molecule has 136 valence electrons. The summed E-state index contributed by atoms with van der Waals surface area (Å²) in [5.41, 5.74) is 5.25. The van der Waals surface area contributed by atoms with Crippen molar-refractivity contribution in [3.8, 4) is 11.3 Å². The third-order valence-electron chi connectivity index (χ3n) is 4.33. The van der Waals surface area contributed by atoms with E-state index in [-0.39, 0.29) is 5.82 Å². The largest absolute Gasteiger partial charge is 0.308 e. The zero-order valence-corrected chi connectivity index (χ0v) is 14.6. The molecular weight excluding hydrogens is 343 g/mol. The number of nitrogens with one attached hydrogen (secondary N) is 2. The molecule has 2 N–H and O–H groups in total. The maximum absolute atomic E-state index is 13.1. The second kappa shape index (κ2) is 7.92. The predicted octanol–water partition coefficient (Wildman–Crippen LogP) is 3.15. The molecule has 2 heterocycles. The monoisotopic (exact) mass is 362 g/mol. The number of nitrogens with zero attached hydrogens (tertiary/aromatic N) is 4. The molecule has 4 aromatic rings. The van der Waals surface area contributed by atoms with Gasteiger partial charge >= 0.3 is 0 Å². The van der Waals surface area contributed by atoms with E-state index >= 15 is 0 Å². The van der Waals surface area contributed by atoms with E-state index in [9.17, 15) is 4.39 Å². The molecule has 6 nitrogen and oxygen atoms in total. The minimum atomic E-state index is -0.245. The summed E-state index contributed by atoms with van der Waals surface area (Å²) in [5.74, 6) is -0.245. The Kier molecular flexibility index (Phi) is 5.02. The van der Waals surface area contributed by atoms with Gasteiger partial charge in [-0.2, -0.15) is 10.2 Å². The molecule has 27 heavy (non-hydrogen) atoms. The summed E-state index contributed by atoms with van der Waals surface area (Å²) in [6.07, 6.45) is 5.04. The Hall–Kier alpha value is -3.32. The zero-order chi connectivity index (χ0) is 18.5. The van der Waals surface area contributed by atoms with Crippen LogP contribution in [0.3, 0.4) is 0 Å². The van der Waals surface area contributed by atoms with Crippen molar-refractivity contribution in [1.29, 1.82) is 0 Å². The summed E-state index contributed by atoms with van der Waals surface area (Å²) < 4.78 is 14.9. The fraction of sp³-hybridized carbons (Fsp3) is 0.150. The second-order valence-corrected chi connectivity index (χ2v) is 6.29. The van der Waals surface area contributed by atoms with E-state index in [2.05, 4.69) is 49.9 Å². The number of rotatable bonds is 7. The highest BCUT2D eigenvalue weighted by Gasteiger charge is 2.07. The highest BCUT2D eigenvalue weighted by atomic mass is 19.1. The quantitative estimate of drug-likeness (QED) is 0.530. The van der Waals surface area contributed by atoms with Gasteiger partial charge in [0.15, 0.2) is 0 Å². The molecule has 0 atom stereocenters. The number of aromatic amines is 1. The van der Waals surface area contributed by atoms with Crippen LogP contribution in [-0.2, 0) is 19.6 Å². The lowest BCUT2D eigenvalue weighted by molar-refractivity contribution is 0.628. The van der Waals surface area contributed by atoms with E-state index in [0.29, 0.717) is 13.1 Å². The standard InChI is InChI=1S/C20H19FN6/c21-19-7-5-17(6-8-19)20-18(11-24-26-20)10-22-9-15-1-3-16(4-2-15)12-27-14-23-13-25-27/h1-8,11,13-14,22H,9-10,12H2,(H,24,26). The summed E-state index contributed by atoms with van der Waals surface area (Å²) in [6.45, 7) is 2.13. The van der Waals surface area contributed by atoms with Gasteiger partial charge in [0, 0.05) is 24.2 Å². The van der Waals surface area contributed by atoms with Crippen LogP contribution < -0.4 is 5.32 Å². The molecule has 0 aliphatic carbocycles. The fourth-order valence-corrected chi connectivity index (χ4v) is 2.92. The Morgan fingerprint density at radius 1 is 0.963 bits per heavy atom. The van der Waals surface area contributed by atoms with Gasteiger partial charge in [-0.05, 0) is 35.4 Å². The van der Waals surface area contributed by atoms with Crippen molar-refractivity contribution in [1.82, 2.24) is 30.3 Å². The number of halogens is 1. The van der Waals surface area contributed by atoms with Crippen LogP contribution in [0.4, 0.5) is 4.39 Å². The molecular formula is C20H19FN6. The van der Waals surface area contributed by atoms with Gasteiger partial charge in [-0.3, -0.25) is 5.10 Å². The van der Waals surface area contributed by atoms with Crippen LogP contribution in [0.2, 0.25) is 0 Å². The zero-order valence-electron chi connectivity index (χ0n) is 14.6. The Balaban J connectivity index is 1.34. The summed E-state index contributed by atoms with van der Waals surface area (Å²) in [7, 11) is 0. The number of hydrogen-bond donors (Lipinski definition) is 2. The average molecular weight is 362 g/mol. The first-order valence-electron chi connectivity index (χ1n) is 8.67. The van der Waals surface area contributed by atoms with E-state index in [1.807, 2.05) is 0 Å². The second-order valence-electron chi connectivity index (χ2n) is 6.29. The van der Waals surface area contributed by atoms with Gasteiger partial charge in [-0.25, -0.2) is 14.1 Å². The molecule has 0 aliphatic heterocycles. The van der Waals surface area contributed by atoms with Crippen molar-refractivity contribution in [2.24, 2.45) is 0 Å². The number of aromatic nitrogens is 5. The van der Waals surface area contributed by atoms with Crippen LogP contribution in [0.25, 0.3) is 11.3 Å². The first kappa shape index (κ1) is 17.1. The van der Waals surface area contributed by atoms with Gasteiger partial charge in [-0.1, -0.05) is 24.3 Å².